The molecule has 0 radical (unpaired) electrons. The van der Waals surface area contributed by atoms with Crippen molar-refractivity contribution in [3.8, 4) is 0 Å². The average Bonchev–Trinajstić information content (AvgIpc) is 2.46. The first-order valence-electron chi connectivity index (χ1n) is 7.35. The predicted molar refractivity (Wildman–Crippen MR) is 82.6 cm³/mol. The Hall–Kier alpha value is -1.53. The van der Waals surface area contributed by atoms with Crippen LogP contribution in [0, 0.1) is 5.82 Å². The van der Waals surface area contributed by atoms with Gasteiger partial charge in [-0.05, 0) is 61.4 Å². The molecule has 118 valence electrons. The Kier molecular flexibility index (Phi) is 4.14. The molecule has 1 aromatic carbocycles. The number of fused-ring (bicyclic) bond motifs is 1. The van der Waals surface area contributed by atoms with E-state index in [1.54, 1.807) is 12.3 Å². The number of nitrogens with zero attached hydrogens (tertiary/aromatic N) is 1. The lowest BCUT2D eigenvalue weighted by Gasteiger charge is -2.28. The number of pyridine rings is 1. The minimum atomic E-state index is -3.41. The van der Waals surface area contributed by atoms with Crippen LogP contribution >= 0.6 is 0 Å². The van der Waals surface area contributed by atoms with E-state index >= 15 is 0 Å². The highest BCUT2D eigenvalue weighted by Gasteiger charge is 2.26. The fourth-order valence-corrected chi connectivity index (χ4v) is 3.90. The van der Waals surface area contributed by atoms with Gasteiger partial charge in [-0.25, -0.2) is 4.39 Å². The molecule has 0 saturated heterocycles. The van der Waals surface area contributed by atoms with Crippen molar-refractivity contribution in [2.75, 3.05) is 6.26 Å². The highest BCUT2D eigenvalue weighted by molar-refractivity contribution is 7.86. The number of halogens is 1. The van der Waals surface area contributed by atoms with Gasteiger partial charge < -0.3 is 0 Å². The maximum Gasteiger partial charge on any atom is 0.264 e. The molecule has 1 saturated carbocycles. The van der Waals surface area contributed by atoms with Crippen molar-refractivity contribution in [2.24, 2.45) is 0 Å². The van der Waals surface area contributed by atoms with Gasteiger partial charge in [0, 0.05) is 11.6 Å². The summed E-state index contributed by atoms with van der Waals surface area (Å²) in [6.45, 7) is 0. The van der Waals surface area contributed by atoms with Crippen LogP contribution in [0.25, 0.3) is 10.9 Å². The van der Waals surface area contributed by atoms with Crippen molar-refractivity contribution in [1.29, 1.82) is 0 Å². The van der Waals surface area contributed by atoms with Gasteiger partial charge in [-0.3, -0.25) is 9.17 Å². The Bertz CT molecular complexity index is 783. The zero-order valence-electron chi connectivity index (χ0n) is 12.3. The average molecular weight is 323 g/mol. The van der Waals surface area contributed by atoms with Crippen LogP contribution in [-0.4, -0.2) is 25.8 Å². The second kappa shape index (κ2) is 5.93. The summed E-state index contributed by atoms with van der Waals surface area (Å²) in [4.78, 5) is 4.27. The van der Waals surface area contributed by atoms with Crippen LogP contribution in [0.15, 0.2) is 30.5 Å². The number of hydrogen-bond donors (Lipinski definition) is 0. The molecule has 0 unspecified atom stereocenters. The second-order valence-electron chi connectivity index (χ2n) is 5.84. The summed E-state index contributed by atoms with van der Waals surface area (Å²) in [5.74, 6) is 0.0163. The molecule has 22 heavy (non-hydrogen) atoms. The number of aromatic nitrogens is 1. The zero-order valence-corrected chi connectivity index (χ0v) is 13.1. The molecule has 1 aromatic heterocycles. The molecule has 0 aliphatic heterocycles. The van der Waals surface area contributed by atoms with Gasteiger partial charge in [-0.2, -0.15) is 8.42 Å². The third kappa shape index (κ3) is 3.44. The van der Waals surface area contributed by atoms with Gasteiger partial charge in [0.15, 0.2) is 0 Å². The Balaban J connectivity index is 1.81. The molecule has 1 aliphatic rings. The maximum atomic E-state index is 13.5. The minimum Gasteiger partial charge on any atom is -0.267 e. The molecule has 1 fully saturated rings. The largest absolute Gasteiger partial charge is 0.267 e. The van der Waals surface area contributed by atoms with Gasteiger partial charge in [0.2, 0.25) is 0 Å². The molecule has 3 rings (SSSR count). The number of benzene rings is 1. The summed E-state index contributed by atoms with van der Waals surface area (Å²) in [5, 5.41) is 0.843. The second-order valence-corrected chi connectivity index (χ2v) is 7.44. The molecule has 1 heterocycles. The topological polar surface area (TPSA) is 56.3 Å². The first-order valence-corrected chi connectivity index (χ1v) is 9.16. The van der Waals surface area contributed by atoms with Crippen LogP contribution in [0.4, 0.5) is 4.39 Å². The highest BCUT2D eigenvalue weighted by atomic mass is 32.2. The fourth-order valence-electron chi connectivity index (χ4n) is 3.21. The lowest BCUT2D eigenvalue weighted by Crippen LogP contribution is -2.23. The summed E-state index contributed by atoms with van der Waals surface area (Å²) < 4.78 is 41.0. The van der Waals surface area contributed by atoms with Crippen molar-refractivity contribution in [3.05, 3.63) is 41.8 Å². The predicted octanol–water partition coefficient (Wildman–Crippen LogP) is 3.38. The van der Waals surface area contributed by atoms with Gasteiger partial charge in [-0.1, -0.05) is 0 Å². The fraction of sp³-hybridized carbons (Fsp3) is 0.438. The van der Waals surface area contributed by atoms with Crippen LogP contribution in [0.3, 0.4) is 0 Å². The van der Waals surface area contributed by atoms with Crippen molar-refractivity contribution in [1.82, 2.24) is 4.98 Å². The van der Waals surface area contributed by atoms with Crippen molar-refractivity contribution < 1.29 is 17.0 Å². The van der Waals surface area contributed by atoms with Crippen LogP contribution in [-0.2, 0) is 14.3 Å². The van der Waals surface area contributed by atoms with Crippen molar-refractivity contribution in [2.45, 2.75) is 37.7 Å². The maximum absolute atomic E-state index is 13.5. The SMILES string of the molecule is CS(=O)(=O)O[C@H]1CC[C@@H](c2ccnc3ccc(F)cc32)CC1. The van der Waals surface area contributed by atoms with Gasteiger partial charge in [-0.15, -0.1) is 0 Å². The van der Waals surface area contributed by atoms with Crippen LogP contribution in [0.1, 0.15) is 37.2 Å². The van der Waals surface area contributed by atoms with Crippen molar-refractivity contribution in [3.63, 3.8) is 0 Å². The molecule has 0 atom stereocenters. The molecule has 0 bridgehead atoms. The molecule has 0 amide bonds. The molecule has 6 heteroatoms. The Morgan fingerprint density at radius 3 is 2.59 bits per heavy atom. The minimum absolute atomic E-state index is 0.240. The van der Waals surface area contributed by atoms with E-state index in [4.69, 9.17) is 4.18 Å². The lowest BCUT2D eigenvalue weighted by molar-refractivity contribution is 0.155. The van der Waals surface area contributed by atoms with Gasteiger partial charge in [0.25, 0.3) is 10.1 Å². The third-order valence-corrected chi connectivity index (χ3v) is 4.78. The van der Waals surface area contributed by atoms with Crippen LogP contribution in [0.5, 0.6) is 0 Å². The Morgan fingerprint density at radius 1 is 1.18 bits per heavy atom. The van der Waals surface area contributed by atoms with Crippen molar-refractivity contribution >= 4 is 21.0 Å². The Labute approximate surface area is 129 Å². The van der Waals surface area contributed by atoms with E-state index in [-0.39, 0.29) is 17.8 Å². The van der Waals surface area contributed by atoms with E-state index in [0.717, 1.165) is 35.6 Å². The van der Waals surface area contributed by atoms with Gasteiger partial charge in [0.1, 0.15) is 5.82 Å². The van der Waals surface area contributed by atoms with E-state index in [1.165, 1.54) is 12.1 Å². The van der Waals surface area contributed by atoms with Gasteiger partial charge in [0.05, 0.1) is 17.9 Å². The molecule has 1 aliphatic carbocycles. The normalized spacial score (nSPS) is 22.8. The standard InChI is InChI=1S/C16H18FNO3S/c1-22(19,20)21-13-5-2-11(3-6-13)14-8-9-18-16-7-4-12(17)10-15(14)16/h4,7-11,13H,2-3,5-6H2,1H3/t11-,13+. The summed E-state index contributed by atoms with van der Waals surface area (Å²) in [6, 6.07) is 6.56. The molecular formula is C16H18FNO3S. The monoisotopic (exact) mass is 323 g/mol. The highest BCUT2D eigenvalue weighted by Crippen LogP contribution is 2.37. The molecule has 0 N–H and O–H groups in total. The number of rotatable bonds is 3. The van der Waals surface area contributed by atoms with E-state index in [0.29, 0.717) is 12.8 Å². The third-order valence-electron chi connectivity index (χ3n) is 4.16. The summed E-state index contributed by atoms with van der Waals surface area (Å²) in [6.07, 6.45) is 5.63. The van der Waals surface area contributed by atoms with E-state index < -0.39 is 10.1 Å². The smallest absolute Gasteiger partial charge is 0.264 e. The summed E-state index contributed by atoms with van der Waals surface area (Å²) in [5.41, 5.74) is 1.87. The van der Waals surface area contributed by atoms with E-state index in [2.05, 4.69) is 4.98 Å². The van der Waals surface area contributed by atoms with E-state index in [9.17, 15) is 12.8 Å². The summed E-state index contributed by atoms with van der Waals surface area (Å²) in [7, 11) is -3.41. The first kappa shape index (κ1) is 15.4. The Morgan fingerprint density at radius 2 is 1.91 bits per heavy atom. The quantitative estimate of drug-likeness (QED) is 0.813. The summed E-state index contributed by atoms with van der Waals surface area (Å²) >= 11 is 0. The van der Waals surface area contributed by atoms with Gasteiger partial charge >= 0.3 is 0 Å². The van der Waals surface area contributed by atoms with Crippen LogP contribution in [0.2, 0.25) is 0 Å². The van der Waals surface area contributed by atoms with Crippen LogP contribution < -0.4 is 0 Å². The molecular weight excluding hydrogens is 305 g/mol. The molecule has 0 spiro atoms. The number of hydrogen-bond acceptors (Lipinski definition) is 4. The molecule has 2 aromatic rings. The lowest BCUT2D eigenvalue weighted by atomic mass is 9.81. The zero-order chi connectivity index (χ0) is 15.7. The molecule has 4 nitrogen and oxygen atoms in total. The van der Waals surface area contributed by atoms with E-state index in [1.807, 2.05) is 6.07 Å². The first-order chi connectivity index (χ1) is 10.4.